The van der Waals surface area contributed by atoms with E-state index in [9.17, 15) is 0 Å². The van der Waals surface area contributed by atoms with Crippen LogP contribution >= 0.6 is 0 Å². The van der Waals surface area contributed by atoms with E-state index in [1.165, 1.54) is 0 Å². The van der Waals surface area contributed by atoms with Gasteiger partial charge in [-0.3, -0.25) is 0 Å². The maximum atomic E-state index is 6.29. The van der Waals surface area contributed by atoms with Gasteiger partial charge in [-0.15, -0.1) is 5.10 Å². The van der Waals surface area contributed by atoms with Crippen LogP contribution in [0.3, 0.4) is 0 Å². The molecule has 0 aliphatic carbocycles. The number of aryl methyl sites for hydroxylation is 1. The van der Waals surface area contributed by atoms with Crippen LogP contribution in [0.5, 0.6) is 0 Å². The number of benzene rings is 1. The molecule has 0 radical (unpaired) electrons. The molecule has 0 spiro atoms. The number of hydrogen-bond acceptors (Lipinski definition) is 4. The highest BCUT2D eigenvalue weighted by Crippen LogP contribution is 2.37. The van der Waals surface area contributed by atoms with Crippen molar-refractivity contribution in [2.45, 2.75) is 20.8 Å². The lowest BCUT2D eigenvalue weighted by atomic mass is 9.96. The number of hydrogen-bond donors (Lipinski definition) is 1. The minimum atomic E-state index is 0.591. The van der Waals surface area contributed by atoms with Gasteiger partial charge in [0, 0.05) is 18.2 Å². The molecule has 0 amide bonds. The van der Waals surface area contributed by atoms with Crippen LogP contribution in [0.25, 0.3) is 16.8 Å². The predicted octanol–water partition coefficient (Wildman–Crippen LogP) is 3.72. The zero-order valence-electron chi connectivity index (χ0n) is 14.8. The molecule has 0 fully saturated rings. The maximum Gasteiger partial charge on any atom is 0.123 e. The van der Waals surface area contributed by atoms with E-state index in [0.717, 1.165) is 33.8 Å². The van der Waals surface area contributed by atoms with Crippen LogP contribution in [0, 0.1) is 0 Å². The van der Waals surface area contributed by atoms with Gasteiger partial charge in [0.05, 0.1) is 17.9 Å². The van der Waals surface area contributed by atoms with Gasteiger partial charge in [0.1, 0.15) is 5.69 Å². The molecule has 2 N–H and O–H groups in total. The molecule has 126 valence electrons. The average Bonchev–Trinajstić information content (AvgIpc) is 2.98. The molecular formula is C19H25N5. The van der Waals surface area contributed by atoms with Gasteiger partial charge in [-0.1, -0.05) is 62.1 Å². The van der Waals surface area contributed by atoms with Crippen molar-refractivity contribution in [3.63, 3.8) is 0 Å². The molecule has 0 atom stereocenters. The molecule has 2 heterocycles. The van der Waals surface area contributed by atoms with E-state index in [4.69, 9.17) is 5.84 Å². The van der Waals surface area contributed by atoms with Crippen molar-refractivity contribution >= 4 is 11.3 Å². The molecule has 2 aromatic rings. The monoisotopic (exact) mass is 323 g/mol. The number of allylic oxidation sites excluding steroid dienone is 3. The van der Waals surface area contributed by atoms with Gasteiger partial charge in [-0.25, -0.2) is 10.5 Å². The smallest absolute Gasteiger partial charge is 0.123 e. The third kappa shape index (κ3) is 3.03. The van der Waals surface area contributed by atoms with E-state index in [2.05, 4.69) is 23.0 Å². The van der Waals surface area contributed by atoms with E-state index >= 15 is 0 Å². The molecule has 3 rings (SSSR count). The number of nitrogens with two attached hydrogens (primary N) is 1. The first-order valence-electron chi connectivity index (χ1n) is 8.17. The molecule has 1 aromatic carbocycles. The fourth-order valence-electron chi connectivity index (χ4n) is 2.84. The van der Waals surface area contributed by atoms with Crippen molar-refractivity contribution in [3.05, 3.63) is 60.3 Å². The van der Waals surface area contributed by atoms with E-state index in [0.29, 0.717) is 6.54 Å². The Balaban J connectivity index is 0.00000100. The number of nitrogens with zero attached hydrogens (tertiary/aromatic N) is 4. The van der Waals surface area contributed by atoms with Crippen molar-refractivity contribution in [1.29, 1.82) is 0 Å². The van der Waals surface area contributed by atoms with E-state index in [-0.39, 0.29) is 0 Å². The van der Waals surface area contributed by atoms with E-state index in [1.54, 1.807) is 9.69 Å². The number of fused-ring (bicyclic) bond motifs is 3. The molecule has 0 saturated heterocycles. The number of para-hydroxylation sites is 1. The standard InChI is InChI=1S/C17H19N5.C2H6/c1-4-8-12-11-22(18)15-10-7-6-9-14(15)16-17(13(12)5-2)21(3)20-19-16;1-2/h4-10H,2,11,18H2,1,3H3;1-2H3/b8-4-,13-12-;. The SMILES string of the molecule is C=C/C1=C(\C=C/C)CN(N)c2ccccc2-c2nnn(C)c21.CC. The van der Waals surface area contributed by atoms with E-state index < -0.39 is 0 Å². The summed E-state index contributed by atoms with van der Waals surface area (Å²) in [5.74, 6) is 6.29. The van der Waals surface area contributed by atoms with Crippen molar-refractivity contribution in [1.82, 2.24) is 15.0 Å². The van der Waals surface area contributed by atoms with Crippen LogP contribution in [0.4, 0.5) is 5.69 Å². The average molecular weight is 323 g/mol. The first-order chi connectivity index (χ1) is 11.7. The van der Waals surface area contributed by atoms with Crippen molar-refractivity contribution in [3.8, 4) is 11.3 Å². The van der Waals surface area contributed by atoms with Gasteiger partial charge >= 0.3 is 0 Å². The molecule has 1 aromatic heterocycles. The third-order valence-corrected chi connectivity index (χ3v) is 3.81. The Hall–Kier alpha value is -2.66. The lowest BCUT2D eigenvalue weighted by molar-refractivity contribution is 0.707. The molecule has 5 nitrogen and oxygen atoms in total. The second-order valence-electron chi connectivity index (χ2n) is 5.20. The first kappa shape index (κ1) is 17.7. The highest BCUT2D eigenvalue weighted by molar-refractivity contribution is 5.90. The Morgan fingerprint density at radius 1 is 1.25 bits per heavy atom. The Morgan fingerprint density at radius 3 is 2.62 bits per heavy atom. The molecule has 5 heteroatoms. The van der Waals surface area contributed by atoms with Gasteiger partial charge in [0.25, 0.3) is 0 Å². The number of anilines is 1. The fraction of sp³-hybridized carbons (Fsp3) is 0.263. The molecule has 24 heavy (non-hydrogen) atoms. The van der Waals surface area contributed by atoms with Crippen LogP contribution in [-0.2, 0) is 7.05 Å². The summed E-state index contributed by atoms with van der Waals surface area (Å²) in [7, 11) is 1.90. The lowest BCUT2D eigenvalue weighted by Gasteiger charge is -2.26. The number of hydrazine groups is 1. The Labute approximate surface area is 143 Å². The van der Waals surface area contributed by atoms with Crippen LogP contribution in [0.2, 0.25) is 0 Å². The molecule has 0 saturated carbocycles. The Bertz CT molecular complexity index is 783. The van der Waals surface area contributed by atoms with E-state index in [1.807, 2.05) is 64.2 Å². The second kappa shape index (κ2) is 7.75. The molecular weight excluding hydrogens is 298 g/mol. The zero-order chi connectivity index (χ0) is 17.7. The topological polar surface area (TPSA) is 60.0 Å². The van der Waals surface area contributed by atoms with Crippen molar-refractivity contribution in [2.24, 2.45) is 12.9 Å². The normalized spacial score (nSPS) is 16.6. The minimum Gasteiger partial charge on any atom is -0.306 e. The fourth-order valence-corrected chi connectivity index (χ4v) is 2.84. The van der Waals surface area contributed by atoms with Crippen LogP contribution in [0.15, 0.2) is 54.6 Å². The highest BCUT2D eigenvalue weighted by Gasteiger charge is 2.24. The van der Waals surface area contributed by atoms with Gasteiger partial charge in [0.2, 0.25) is 0 Å². The molecule has 0 bridgehead atoms. The summed E-state index contributed by atoms with van der Waals surface area (Å²) in [6.07, 6.45) is 5.91. The van der Waals surface area contributed by atoms with Crippen LogP contribution in [0.1, 0.15) is 26.5 Å². The summed E-state index contributed by atoms with van der Waals surface area (Å²) in [4.78, 5) is 0. The predicted molar refractivity (Wildman–Crippen MR) is 101 cm³/mol. The highest BCUT2D eigenvalue weighted by atomic mass is 15.4. The third-order valence-electron chi connectivity index (χ3n) is 3.81. The first-order valence-corrected chi connectivity index (χ1v) is 8.17. The lowest BCUT2D eigenvalue weighted by Crippen LogP contribution is -2.34. The van der Waals surface area contributed by atoms with Gasteiger partial charge < -0.3 is 5.01 Å². The minimum absolute atomic E-state index is 0.591. The van der Waals surface area contributed by atoms with Gasteiger partial charge in [-0.05, 0) is 18.6 Å². The van der Waals surface area contributed by atoms with Crippen molar-refractivity contribution in [2.75, 3.05) is 11.6 Å². The summed E-state index contributed by atoms with van der Waals surface area (Å²) in [6.45, 7) is 10.6. The summed E-state index contributed by atoms with van der Waals surface area (Å²) in [5, 5.41) is 10.3. The van der Waals surface area contributed by atoms with Crippen LogP contribution < -0.4 is 10.9 Å². The Kier molecular flexibility index (Phi) is 5.71. The summed E-state index contributed by atoms with van der Waals surface area (Å²) < 4.78 is 1.79. The van der Waals surface area contributed by atoms with Gasteiger partial charge in [0.15, 0.2) is 0 Å². The Morgan fingerprint density at radius 2 is 1.96 bits per heavy atom. The van der Waals surface area contributed by atoms with Crippen molar-refractivity contribution < 1.29 is 0 Å². The number of rotatable bonds is 2. The summed E-state index contributed by atoms with van der Waals surface area (Å²) in [6, 6.07) is 7.98. The summed E-state index contributed by atoms with van der Waals surface area (Å²) >= 11 is 0. The quantitative estimate of drug-likeness (QED) is 0.856. The number of aromatic nitrogens is 3. The molecule has 1 aliphatic rings. The maximum absolute atomic E-state index is 6.29. The summed E-state index contributed by atoms with van der Waals surface area (Å²) in [5.41, 5.74) is 5.79. The molecule has 0 unspecified atom stereocenters. The molecule has 1 aliphatic heterocycles. The van der Waals surface area contributed by atoms with Gasteiger partial charge in [-0.2, -0.15) is 0 Å². The largest absolute Gasteiger partial charge is 0.306 e. The van der Waals surface area contributed by atoms with Crippen LogP contribution in [-0.4, -0.2) is 21.5 Å². The zero-order valence-corrected chi connectivity index (χ0v) is 14.8. The second-order valence-corrected chi connectivity index (χ2v) is 5.20.